The van der Waals surface area contributed by atoms with Crippen LogP contribution >= 0.6 is 23.8 Å². The third-order valence-corrected chi connectivity index (χ3v) is 4.76. The van der Waals surface area contributed by atoms with Crippen molar-refractivity contribution < 1.29 is 9.53 Å². The molecule has 1 amide bonds. The van der Waals surface area contributed by atoms with E-state index in [0.29, 0.717) is 22.4 Å². The Bertz CT molecular complexity index is 832. The highest BCUT2D eigenvalue weighted by atomic mass is 35.5. The van der Waals surface area contributed by atoms with Gasteiger partial charge in [-0.05, 0) is 53.7 Å². The van der Waals surface area contributed by atoms with E-state index in [-0.39, 0.29) is 5.91 Å². The van der Waals surface area contributed by atoms with Crippen LogP contribution in [0.4, 0.5) is 0 Å². The third-order valence-electron chi connectivity index (χ3n) is 3.96. The van der Waals surface area contributed by atoms with E-state index in [0.717, 1.165) is 16.9 Å². The van der Waals surface area contributed by atoms with Crippen molar-refractivity contribution in [1.29, 1.82) is 0 Å². The van der Waals surface area contributed by atoms with Crippen molar-refractivity contribution >= 4 is 40.9 Å². The van der Waals surface area contributed by atoms with E-state index in [2.05, 4.69) is 0 Å². The number of benzene rings is 2. The molecule has 6 heteroatoms. The lowest BCUT2D eigenvalue weighted by molar-refractivity contribution is -0.121. The second-order valence-corrected chi connectivity index (χ2v) is 6.52. The van der Waals surface area contributed by atoms with Crippen molar-refractivity contribution in [3.05, 3.63) is 70.4 Å². The van der Waals surface area contributed by atoms with Gasteiger partial charge >= 0.3 is 0 Å². The summed E-state index contributed by atoms with van der Waals surface area (Å²) in [4.78, 5) is 15.3. The molecule has 1 aliphatic rings. The van der Waals surface area contributed by atoms with Gasteiger partial charge in [0.05, 0.1) is 0 Å². The van der Waals surface area contributed by atoms with E-state index < -0.39 is 0 Å². The first kappa shape index (κ1) is 17.5. The Hall–Kier alpha value is -2.37. The summed E-state index contributed by atoms with van der Waals surface area (Å²) in [5.74, 6) is 0.659. The van der Waals surface area contributed by atoms with E-state index in [1.165, 1.54) is 4.90 Å². The van der Waals surface area contributed by atoms with Crippen LogP contribution in [0.2, 0.25) is 5.02 Å². The summed E-state index contributed by atoms with van der Waals surface area (Å²) in [7, 11) is 3.47. The molecule has 0 atom stereocenters. The zero-order chi connectivity index (χ0) is 18.0. The number of halogens is 1. The fourth-order valence-electron chi connectivity index (χ4n) is 2.45. The second-order valence-electron chi connectivity index (χ2n) is 5.72. The van der Waals surface area contributed by atoms with Gasteiger partial charge in [0.25, 0.3) is 5.91 Å². The fourth-order valence-corrected chi connectivity index (χ4v) is 2.76. The first-order valence-corrected chi connectivity index (χ1v) is 8.49. The molecule has 0 spiro atoms. The van der Waals surface area contributed by atoms with Gasteiger partial charge in [-0.15, -0.1) is 0 Å². The number of carbonyl (C=O) groups is 1. The number of ether oxygens (including phenoxy) is 1. The summed E-state index contributed by atoms with van der Waals surface area (Å²) in [5.41, 5.74) is 2.51. The van der Waals surface area contributed by atoms with Crippen molar-refractivity contribution in [3.8, 4) is 5.75 Å². The molecule has 4 nitrogen and oxygen atoms in total. The number of amides is 1. The minimum absolute atomic E-state index is 0.101. The standard InChI is InChI=1S/C19H17ClN2O2S/c1-21-17(18(23)22(2)19(21)25)11-13-5-9-16(10-6-13)24-12-14-3-7-15(20)8-4-14/h3-11H,12H2,1-2H3. The summed E-state index contributed by atoms with van der Waals surface area (Å²) in [5, 5.41) is 1.21. The molecule has 0 aromatic heterocycles. The highest BCUT2D eigenvalue weighted by molar-refractivity contribution is 7.80. The fraction of sp³-hybridized carbons (Fsp3) is 0.158. The minimum Gasteiger partial charge on any atom is -0.489 e. The number of carbonyl (C=O) groups excluding carboxylic acids is 1. The van der Waals surface area contributed by atoms with Crippen molar-refractivity contribution in [2.75, 3.05) is 14.1 Å². The molecule has 0 unspecified atom stereocenters. The largest absolute Gasteiger partial charge is 0.489 e. The van der Waals surface area contributed by atoms with E-state index in [9.17, 15) is 4.79 Å². The Morgan fingerprint density at radius 2 is 1.68 bits per heavy atom. The summed E-state index contributed by atoms with van der Waals surface area (Å²) in [6.07, 6.45) is 1.82. The minimum atomic E-state index is -0.101. The molecule has 2 aromatic carbocycles. The van der Waals surface area contributed by atoms with Crippen molar-refractivity contribution in [2.24, 2.45) is 0 Å². The van der Waals surface area contributed by atoms with E-state index >= 15 is 0 Å². The zero-order valence-corrected chi connectivity index (χ0v) is 15.5. The molecule has 1 heterocycles. The molecule has 1 fully saturated rings. The number of likely N-dealkylation sites (N-methyl/N-ethyl adjacent to an activating group) is 2. The topological polar surface area (TPSA) is 32.8 Å². The molecular weight excluding hydrogens is 356 g/mol. The summed E-state index contributed by atoms with van der Waals surface area (Å²) < 4.78 is 5.76. The van der Waals surface area contributed by atoms with Crippen molar-refractivity contribution in [3.63, 3.8) is 0 Å². The van der Waals surface area contributed by atoms with Crippen LogP contribution in [0.15, 0.2) is 54.2 Å². The maximum atomic E-state index is 12.2. The van der Waals surface area contributed by atoms with Crippen LogP contribution < -0.4 is 4.74 Å². The highest BCUT2D eigenvalue weighted by Crippen LogP contribution is 2.22. The molecule has 25 heavy (non-hydrogen) atoms. The van der Waals surface area contributed by atoms with Crippen LogP contribution in [-0.4, -0.2) is 34.9 Å². The van der Waals surface area contributed by atoms with Crippen LogP contribution in [0.1, 0.15) is 11.1 Å². The number of hydrogen-bond acceptors (Lipinski definition) is 3. The molecule has 0 saturated carbocycles. The van der Waals surface area contributed by atoms with Gasteiger partial charge in [0.2, 0.25) is 0 Å². The maximum absolute atomic E-state index is 12.2. The molecule has 0 radical (unpaired) electrons. The van der Waals surface area contributed by atoms with E-state index in [4.69, 9.17) is 28.6 Å². The number of hydrogen-bond donors (Lipinski definition) is 0. The van der Waals surface area contributed by atoms with Crippen LogP contribution in [0.3, 0.4) is 0 Å². The summed E-state index contributed by atoms with van der Waals surface area (Å²) in [6, 6.07) is 15.1. The Labute approximate surface area is 157 Å². The van der Waals surface area contributed by atoms with Gasteiger partial charge in [-0.3, -0.25) is 9.69 Å². The second kappa shape index (κ2) is 7.25. The number of nitrogens with zero attached hydrogens (tertiary/aromatic N) is 2. The smallest absolute Gasteiger partial charge is 0.276 e. The molecule has 2 aromatic rings. The zero-order valence-electron chi connectivity index (χ0n) is 13.9. The Balaban J connectivity index is 1.68. The van der Waals surface area contributed by atoms with Crippen LogP contribution in [0, 0.1) is 0 Å². The van der Waals surface area contributed by atoms with E-state index in [1.54, 1.807) is 19.0 Å². The molecule has 128 valence electrons. The highest BCUT2D eigenvalue weighted by Gasteiger charge is 2.32. The molecular formula is C19H17ClN2O2S. The Morgan fingerprint density at radius 3 is 2.24 bits per heavy atom. The normalized spacial score (nSPS) is 16.0. The monoisotopic (exact) mass is 372 g/mol. The van der Waals surface area contributed by atoms with Crippen molar-refractivity contribution in [1.82, 2.24) is 9.80 Å². The Kier molecular flexibility index (Phi) is 5.06. The maximum Gasteiger partial charge on any atom is 0.276 e. The Morgan fingerprint density at radius 1 is 1.04 bits per heavy atom. The first-order chi connectivity index (χ1) is 12.0. The van der Waals surface area contributed by atoms with Gasteiger partial charge in [0.15, 0.2) is 5.11 Å². The van der Waals surface area contributed by atoms with Crippen molar-refractivity contribution in [2.45, 2.75) is 6.61 Å². The van der Waals surface area contributed by atoms with Gasteiger partial charge in [-0.1, -0.05) is 35.9 Å². The molecule has 0 aliphatic carbocycles. The molecule has 3 rings (SSSR count). The quantitative estimate of drug-likeness (QED) is 0.601. The average Bonchev–Trinajstić information content (AvgIpc) is 2.80. The first-order valence-electron chi connectivity index (χ1n) is 7.70. The predicted octanol–water partition coefficient (Wildman–Crippen LogP) is 3.95. The molecule has 0 bridgehead atoms. The van der Waals surface area contributed by atoms with Gasteiger partial charge in [-0.25, -0.2) is 0 Å². The van der Waals surface area contributed by atoms with Crippen LogP contribution in [0.25, 0.3) is 6.08 Å². The van der Waals surface area contributed by atoms with Crippen LogP contribution in [-0.2, 0) is 11.4 Å². The SMILES string of the molecule is CN1C(=O)C(=Cc2ccc(OCc3ccc(Cl)cc3)cc2)N(C)C1=S. The number of rotatable bonds is 4. The van der Waals surface area contributed by atoms with Gasteiger partial charge < -0.3 is 9.64 Å². The third kappa shape index (κ3) is 3.83. The summed E-state index contributed by atoms with van der Waals surface area (Å²) in [6.45, 7) is 0.470. The lowest BCUT2D eigenvalue weighted by atomic mass is 10.1. The molecule has 1 aliphatic heterocycles. The number of thiocarbonyl (C=S) groups is 1. The van der Waals surface area contributed by atoms with Gasteiger partial charge in [-0.2, -0.15) is 0 Å². The van der Waals surface area contributed by atoms with Gasteiger partial charge in [0.1, 0.15) is 18.1 Å². The van der Waals surface area contributed by atoms with E-state index in [1.807, 2.05) is 54.6 Å². The molecule has 0 N–H and O–H groups in total. The predicted molar refractivity (Wildman–Crippen MR) is 103 cm³/mol. The average molecular weight is 373 g/mol. The lowest BCUT2D eigenvalue weighted by Crippen LogP contribution is -2.26. The van der Waals surface area contributed by atoms with Crippen LogP contribution in [0.5, 0.6) is 5.75 Å². The summed E-state index contributed by atoms with van der Waals surface area (Å²) >= 11 is 11.1. The van der Waals surface area contributed by atoms with Gasteiger partial charge in [0, 0.05) is 19.1 Å². The lowest BCUT2D eigenvalue weighted by Gasteiger charge is -2.11. The molecule has 1 saturated heterocycles.